The number of carboxylic acids is 1. The van der Waals surface area contributed by atoms with Gasteiger partial charge in [-0.1, -0.05) is 33.4 Å². The molecule has 1 atom stereocenters. The monoisotopic (exact) mass is 229 g/mol. The first-order valence-electron chi connectivity index (χ1n) is 5.03. The van der Waals surface area contributed by atoms with Crippen LogP contribution < -0.4 is 5.32 Å². The quantitative estimate of drug-likeness (QED) is 0.705. The maximum atomic E-state index is 11.3. The van der Waals surface area contributed by atoms with Gasteiger partial charge >= 0.3 is 12.1 Å². The van der Waals surface area contributed by atoms with E-state index in [1.807, 2.05) is 20.8 Å². The molecule has 0 fully saturated rings. The van der Waals surface area contributed by atoms with Crippen LogP contribution in [0.1, 0.15) is 27.2 Å². The number of aliphatic carboxylic acids is 1. The van der Waals surface area contributed by atoms with Crippen molar-refractivity contribution in [3.63, 3.8) is 0 Å². The molecule has 92 valence electrons. The van der Waals surface area contributed by atoms with Crippen LogP contribution in [0.25, 0.3) is 0 Å². The highest BCUT2D eigenvalue weighted by Gasteiger charge is 2.28. The van der Waals surface area contributed by atoms with Crippen LogP contribution in [0, 0.1) is 5.41 Å². The van der Waals surface area contributed by atoms with Crippen molar-refractivity contribution in [1.29, 1.82) is 0 Å². The zero-order valence-electron chi connectivity index (χ0n) is 9.95. The largest absolute Gasteiger partial charge is 0.481 e. The van der Waals surface area contributed by atoms with Gasteiger partial charge in [0.15, 0.2) is 0 Å². The van der Waals surface area contributed by atoms with Crippen LogP contribution in [0.4, 0.5) is 4.79 Å². The number of alkyl carbamates (subject to hydrolysis) is 1. The SMILES string of the molecule is C=CCOC(=O)NC(CC(=O)O)C(C)(C)C. The van der Waals surface area contributed by atoms with Crippen LogP contribution in [0.5, 0.6) is 0 Å². The minimum atomic E-state index is -0.955. The van der Waals surface area contributed by atoms with Crippen LogP contribution in [0.3, 0.4) is 0 Å². The number of nitrogens with one attached hydrogen (secondary N) is 1. The molecular formula is C11H19NO4. The van der Waals surface area contributed by atoms with Crippen molar-refractivity contribution in [3.05, 3.63) is 12.7 Å². The summed E-state index contributed by atoms with van der Waals surface area (Å²) in [4.78, 5) is 21.9. The van der Waals surface area contributed by atoms with Crippen molar-refractivity contribution in [2.75, 3.05) is 6.61 Å². The molecule has 0 saturated heterocycles. The maximum absolute atomic E-state index is 11.3. The van der Waals surface area contributed by atoms with Crippen molar-refractivity contribution in [1.82, 2.24) is 5.32 Å². The van der Waals surface area contributed by atoms with E-state index >= 15 is 0 Å². The summed E-state index contributed by atoms with van der Waals surface area (Å²) < 4.78 is 4.74. The van der Waals surface area contributed by atoms with Crippen LogP contribution in [-0.2, 0) is 9.53 Å². The van der Waals surface area contributed by atoms with E-state index < -0.39 is 18.1 Å². The van der Waals surface area contributed by atoms with Gasteiger partial charge in [-0.2, -0.15) is 0 Å². The zero-order valence-corrected chi connectivity index (χ0v) is 9.95. The van der Waals surface area contributed by atoms with Crippen molar-refractivity contribution >= 4 is 12.1 Å². The molecule has 0 aliphatic rings. The van der Waals surface area contributed by atoms with Crippen molar-refractivity contribution < 1.29 is 19.4 Å². The minimum absolute atomic E-state index is 0.107. The number of hydrogen-bond donors (Lipinski definition) is 2. The predicted molar refractivity (Wildman–Crippen MR) is 60.2 cm³/mol. The number of carbonyl (C=O) groups is 2. The summed E-state index contributed by atoms with van der Waals surface area (Å²) in [7, 11) is 0. The maximum Gasteiger partial charge on any atom is 0.407 e. The van der Waals surface area contributed by atoms with Crippen LogP contribution in [0.2, 0.25) is 0 Å². The molecule has 16 heavy (non-hydrogen) atoms. The highest BCUT2D eigenvalue weighted by Crippen LogP contribution is 2.21. The molecule has 0 saturated carbocycles. The van der Waals surface area contributed by atoms with E-state index in [0.717, 1.165) is 0 Å². The lowest BCUT2D eigenvalue weighted by molar-refractivity contribution is -0.138. The van der Waals surface area contributed by atoms with E-state index in [1.165, 1.54) is 6.08 Å². The Kier molecular flexibility index (Phi) is 5.56. The highest BCUT2D eigenvalue weighted by atomic mass is 16.5. The molecule has 0 bridgehead atoms. The number of hydrogen-bond acceptors (Lipinski definition) is 3. The third-order valence-electron chi connectivity index (χ3n) is 2.05. The minimum Gasteiger partial charge on any atom is -0.481 e. The number of ether oxygens (including phenoxy) is 1. The van der Waals surface area contributed by atoms with Gasteiger partial charge in [0.1, 0.15) is 6.61 Å². The van der Waals surface area contributed by atoms with E-state index in [-0.39, 0.29) is 18.4 Å². The average Bonchev–Trinajstić information content (AvgIpc) is 2.11. The Labute approximate surface area is 95.5 Å². The number of carboxylic acid groups (broad SMARTS) is 1. The smallest absolute Gasteiger partial charge is 0.407 e. The van der Waals surface area contributed by atoms with Crippen molar-refractivity contribution in [2.24, 2.45) is 5.41 Å². The Bertz CT molecular complexity index is 268. The third kappa shape index (κ3) is 6.06. The van der Waals surface area contributed by atoms with E-state index in [4.69, 9.17) is 9.84 Å². The second-order valence-corrected chi connectivity index (χ2v) is 4.55. The molecule has 5 nitrogen and oxygen atoms in total. The predicted octanol–water partition coefficient (Wildman–Crippen LogP) is 1.79. The van der Waals surface area contributed by atoms with Crippen molar-refractivity contribution in [2.45, 2.75) is 33.2 Å². The van der Waals surface area contributed by atoms with Gasteiger partial charge in [-0.25, -0.2) is 4.79 Å². The molecule has 1 amide bonds. The molecule has 0 aliphatic heterocycles. The molecule has 0 aromatic carbocycles. The Morgan fingerprint density at radius 2 is 2.06 bits per heavy atom. The number of amides is 1. The molecule has 1 unspecified atom stereocenters. The molecule has 0 spiro atoms. The zero-order chi connectivity index (χ0) is 12.8. The molecule has 0 aliphatic carbocycles. The lowest BCUT2D eigenvalue weighted by atomic mass is 9.85. The van der Waals surface area contributed by atoms with E-state index in [2.05, 4.69) is 11.9 Å². The summed E-state index contributed by atoms with van der Waals surface area (Å²) in [6.45, 7) is 9.08. The molecule has 0 radical (unpaired) electrons. The standard InChI is InChI=1S/C11H19NO4/c1-5-6-16-10(15)12-8(7-9(13)14)11(2,3)4/h5,8H,1,6-7H2,2-4H3,(H,12,15)(H,13,14). The lowest BCUT2D eigenvalue weighted by Gasteiger charge is -2.29. The second kappa shape index (κ2) is 6.15. The number of rotatable bonds is 5. The van der Waals surface area contributed by atoms with Gasteiger partial charge in [-0.15, -0.1) is 0 Å². The van der Waals surface area contributed by atoms with Gasteiger partial charge in [-0.05, 0) is 5.41 Å². The van der Waals surface area contributed by atoms with Crippen molar-refractivity contribution in [3.8, 4) is 0 Å². The number of carbonyl (C=O) groups excluding carboxylic acids is 1. The van der Waals surface area contributed by atoms with Crippen LogP contribution >= 0.6 is 0 Å². The fourth-order valence-corrected chi connectivity index (χ4v) is 1.07. The first kappa shape index (κ1) is 14.5. The Balaban J connectivity index is 4.37. The molecule has 2 N–H and O–H groups in total. The summed E-state index contributed by atoms with van der Waals surface area (Å²) in [5.74, 6) is -0.955. The van der Waals surface area contributed by atoms with Gasteiger partial charge < -0.3 is 15.2 Å². The van der Waals surface area contributed by atoms with Gasteiger partial charge in [0.05, 0.1) is 6.42 Å². The van der Waals surface area contributed by atoms with Gasteiger partial charge in [0.2, 0.25) is 0 Å². The van der Waals surface area contributed by atoms with Crippen LogP contribution in [-0.4, -0.2) is 29.8 Å². The lowest BCUT2D eigenvalue weighted by Crippen LogP contribution is -2.45. The Morgan fingerprint density at radius 1 is 1.50 bits per heavy atom. The molecule has 0 aromatic rings. The summed E-state index contributed by atoms with van der Waals surface area (Å²) in [6, 6.07) is -0.470. The van der Waals surface area contributed by atoms with E-state index in [0.29, 0.717) is 0 Å². The Morgan fingerprint density at radius 3 is 2.44 bits per heavy atom. The normalized spacial score (nSPS) is 12.7. The fraction of sp³-hybridized carbons (Fsp3) is 0.636. The summed E-state index contributed by atoms with van der Waals surface area (Å²) >= 11 is 0. The van der Waals surface area contributed by atoms with E-state index in [9.17, 15) is 9.59 Å². The third-order valence-corrected chi connectivity index (χ3v) is 2.05. The Hall–Kier alpha value is -1.52. The van der Waals surface area contributed by atoms with E-state index in [1.54, 1.807) is 0 Å². The molecule has 0 aromatic heterocycles. The van der Waals surface area contributed by atoms with Gasteiger partial charge in [0, 0.05) is 6.04 Å². The van der Waals surface area contributed by atoms with Gasteiger partial charge in [0.25, 0.3) is 0 Å². The van der Waals surface area contributed by atoms with Crippen LogP contribution in [0.15, 0.2) is 12.7 Å². The summed E-state index contributed by atoms with van der Waals surface area (Å²) in [5, 5.41) is 11.3. The first-order chi connectivity index (χ1) is 7.27. The first-order valence-corrected chi connectivity index (χ1v) is 5.03. The molecule has 0 rings (SSSR count). The average molecular weight is 229 g/mol. The molecule has 0 heterocycles. The fourth-order valence-electron chi connectivity index (χ4n) is 1.07. The highest BCUT2D eigenvalue weighted by molar-refractivity contribution is 5.71. The molecule has 5 heteroatoms. The second-order valence-electron chi connectivity index (χ2n) is 4.55. The topological polar surface area (TPSA) is 75.6 Å². The summed E-state index contributed by atoms with van der Waals surface area (Å²) in [6.07, 6.45) is 0.691. The summed E-state index contributed by atoms with van der Waals surface area (Å²) in [5.41, 5.74) is -0.342. The molecular weight excluding hydrogens is 210 g/mol. The van der Waals surface area contributed by atoms with Gasteiger partial charge in [-0.3, -0.25) is 4.79 Å².